The number of hydrogen-bond donors (Lipinski definition) is 1. The molecule has 1 aliphatic rings. The van der Waals surface area contributed by atoms with Crippen molar-refractivity contribution in [3.8, 4) is 0 Å². The van der Waals surface area contributed by atoms with Crippen LogP contribution < -0.4 is 5.32 Å². The predicted octanol–water partition coefficient (Wildman–Crippen LogP) is 0.103. The Hall–Kier alpha value is -0.130. The minimum absolute atomic E-state index is 0.0523. The van der Waals surface area contributed by atoms with Gasteiger partial charge in [0.2, 0.25) is 0 Å². The first-order valence-electron chi connectivity index (χ1n) is 5.49. The SMILES string of the molecule is CC(CS(C)(=O)=O)NC1CCCN(C)C1. The standard InChI is InChI=1S/C10H22N2O2S/c1-9(8-15(3,13)14)11-10-5-4-6-12(2)7-10/h9-11H,4-8H2,1-3H3. The van der Waals surface area contributed by atoms with Crippen LogP contribution in [0.2, 0.25) is 0 Å². The Bertz CT molecular complexity index is 290. The second-order valence-electron chi connectivity index (χ2n) is 4.76. The number of likely N-dealkylation sites (tertiary alicyclic amines) is 1. The van der Waals surface area contributed by atoms with Crippen molar-refractivity contribution in [1.29, 1.82) is 0 Å². The molecule has 90 valence electrons. The van der Waals surface area contributed by atoms with Crippen LogP contribution in [0.25, 0.3) is 0 Å². The van der Waals surface area contributed by atoms with Gasteiger partial charge in [0.15, 0.2) is 0 Å². The lowest BCUT2D eigenvalue weighted by Gasteiger charge is -2.32. The van der Waals surface area contributed by atoms with E-state index in [1.807, 2.05) is 6.92 Å². The minimum Gasteiger partial charge on any atom is -0.309 e. The van der Waals surface area contributed by atoms with Crippen molar-refractivity contribution in [1.82, 2.24) is 10.2 Å². The number of piperidine rings is 1. The summed E-state index contributed by atoms with van der Waals surface area (Å²) in [7, 11) is -0.758. The molecule has 4 nitrogen and oxygen atoms in total. The molecular formula is C10H22N2O2S. The Kier molecular flexibility index (Phi) is 4.55. The maximum absolute atomic E-state index is 11.1. The van der Waals surface area contributed by atoms with E-state index in [0.717, 1.165) is 19.5 Å². The third-order valence-electron chi connectivity index (χ3n) is 2.70. The van der Waals surface area contributed by atoms with E-state index >= 15 is 0 Å². The number of rotatable bonds is 4. The molecule has 1 aliphatic heterocycles. The highest BCUT2D eigenvalue weighted by Gasteiger charge is 2.20. The van der Waals surface area contributed by atoms with Crippen LogP contribution in [0.1, 0.15) is 19.8 Å². The smallest absolute Gasteiger partial charge is 0.148 e. The van der Waals surface area contributed by atoms with E-state index in [-0.39, 0.29) is 11.8 Å². The second-order valence-corrected chi connectivity index (χ2v) is 6.95. The van der Waals surface area contributed by atoms with Gasteiger partial charge in [0.25, 0.3) is 0 Å². The van der Waals surface area contributed by atoms with Crippen LogP contribution in [0, 0.1) is 0 Å². The monoisotopic (exact) mass is 234 g/mol. The highest BCUT2D eigenvalue weighted by Crippen LogP contribution is 2.08. The van der Waals surface area contributed by atoms with Crippen molar-refractivity contribution in [3.63, 3.8) is 0 Å². The number of nitrogens with zero attached hydrogens (tertiary/aromatic N) is 1. The van der Waals surface area contributed by atoms with E-state index in [4.69, 9.17) is 0 Å². The molecule has 0 spiro atoms. The van der Waals surface area contributed by atoms with Crippen molar-refractivity contribution < 1.29 is 8.42 Å². The molecule has 0 aromatic heterocycles. The quantitative estimate of drug-likeness (QED) is 0.750. The molecule has 0 aromatic rings. The van der Waals surface area contributed by atoms with Crippen molar-refractivity contribution in [3.05, 3.63) is 0 Å². The second kappa shape index (κ2) is 5.27. The van der Waals surface area contributed by atoms with Crippen LogP contribution in [0.15, 0.2) is 0 Å². The Morgan fingerprint density at radius 1 is 1.53 bits per heavy atom. The van der Waals surface area contributed by atoms with Gasteiger partial charge < -0.3 is 10.2 Å². The summed E-state index contributed by atoms with van der Waals surface area (Å²) in [5, 5.41) is 3.38. The third-order valence-corrected chi connectivity index (χ3v) is 3.80. The molecule has 1 rings (SSSR count). The molecular weight excluding hydrogens is 212 g/mol. The van der Waals surface area contributed by atoms with Gasteiger partial charge in [-0.3, -0.25) is 0 Å². The zero-order valence-corrected chi connectivity index (χ0v) is 10.7. The average molecular weight is 234 g/mol. The van der Waals surface area contributed by atoms with Crippen LogP contribution in [0.5, 0.6) is 0 Å². The van der Waals surface area contributed by atoms with Gasteiger partial charge in [0.1, 0.15) is 9.84 Å². The summed E-state index contributed by atoms with van der Waals surface area (Å²) in [5.41, 5.74) is 0. The molecule has 0 aromatic carbocycles. The Morgan fingerprint density at radius 3 is 2.73 bits per heavy atom. The predicted molar refractivity (Wildman–Crippen MR) is 62.8 cm³/mol. The molecule has 0 amide bonds. The van der Waals surface area contributed by atoms with Gasteiger partial charge in [-0.2, -0.15) is 0 Å². The van der Waals surface area contributed by atoms with Gasteiger partial charge in [0.05, 0.1) is 5.75 Å². The van der Waals surface area contributed by atoms with E-state index in [9.17, 15) is 8.42 Å². The largest absolute Gasteiger partial charge is 0.309 e. The third kappa shape index (κ3) is 5.49. The molecule has 1 fully saturated rings. The zero-order chi connectivity index (χ0) is 11.5. The minimum atomic E-state index is -2.86. The van der Waals surface area contributed by atoms with Crippen LogP contribution in [-0.2, 0) is 9.84 Å². The summed E-state index contributed by atoms with van der Waals surface area (Å²) in [6.07, 6.45) is 3.64. The highest BCUT2D eigenvalue weighted by atomic mass is 32.2. The number of nitrogens with one attached hydrogen (secondary N) is 1. The highest BCUT2D eigenvalue weighted by molar-refractivity contribution is 7.90. The summed E-state index contributed by atoms with van der Waals surface area (Å²) in [6, 6.07) is 0.497. The molecule has 2 unspecified atom stereocenters. The molecule has 1 heterocycles. The van der Waals surface area contributed by atoms with Gasteiger partial charge in [-0.1, -0.05) is 0 Å². The lowest BCUT2D eigenvalue weighted by atomic mass is 10.1. The fourth-order valence-corrected chi connectivity index (χ4v) is 3.21. The summed E-state index contributed by atoms with van der Waals surface area (Å²) in [6.45, 7) is 4.11. The first-order valence-corrected chi connectivity index (χ1v) is 7.55. The first kappa shape index (κ1) is 12.9. The Labute approximate surface area is 93.0 Å². The Balaban J connectivity index is 2.34. The molecule has 0 radical (unpaired) electrons. The summed E-state index contributed by atoms with van der Waals surface area (Å²) in [4.78, 5) is 2.29. The molecule has 1 N–H and O–H groups in total. The average Bonchev–Trinajstić information content (AvgIpc) is 1.99. The van der Waals surface area contributed by atoms with Gasteiger partial charge in [0, 0.05) is 24.9 Å². The first-order chi connectivity index (χ1) is 6.87. The Morgan fingerprint density at radius 2 is 2.20 bits per heavy atom. The molecule has 0 aliphatic carbocycles. The molecule has 0 bridgehead atoms. The number of likely N-dealkylation sites (N-methyl/N-ethyl adjacent to an activating group) is 1. The fourth-order valence-electron chi connectivity index (χ4n) is 2.21. The van der Waals surface area contributed by atoms with Crippen molar-refractivity contribution in [2.75, 3.05) is 32.1 Å². The van der Waals surface area contributed by atoms with Gasteiger partial charge in [-0.25, -0.2) is 8.42 Å². The van der Waals surface area contributed by atoms with E-state index in [1.54, 1.807) is 0 Å². The van der Waals surface area contributed by atoms with E-state index in [2.05, 4.69) is 17.3 Å². The molecule has 0 saturated carbocycles. The molecule has 15 heavy (non-hydrogen) atoms. The fraction of sp³-hybridized carbons (Fsp3) is 1.00. The summed E-state index contributed by atoms with van der Waals surface area (Å²) < 4.78 is 22.2. The normalized spacial score (nSPS) is 26.5. The maximum Gasteiger partial charge on any atom is 0.148 e. The topological polar surface area (TPSA) is 49.4 Å². The molecule has 1 saturated heterocycles. The summed E-state index contributed by atoms with van der Waals surface area (Å²) >= 11 is 0. The van der Waals surface area contributed by atoms with E-state index in [0.29, 0.717) is 6.04 Å². The van der Waals surface area contributed by atoms with E-state index in [1.165, 1.54) is 12.7 Å². The van der Waals surface area contributed by atoms with Crippen LogP contribution in [0.4, 0.5) is 0 Å². The molecule has 5 heteroatoms. The van der Waals surface area contributed by atoms with Crippen molar-refractivity contribution >= 4 is 9.84 Å². The van der Waals surface area contributed by atoms with Crippen LogP contribution in [0.3, 0.4) is 0 Å². The summed E-state index contributed by atoms with van der Waals surface area (Å²) in [5.74, 6) is 0.229. The van der Waals surface area contributed by atoms with Crippen LogP contribution >= 0.6 is 0 Å². The van der Waals surface area contributed by atoms with Crippen LogP contribution in [-0.4, -0.2) is 57.5 Å². The van der Waals surface area contributed by atoms with Gasteiger partial charge in [-0.15, -0.1) is 0 Å². The lowest BCUT2D eigenvalue weighted by Crippen LogP contribution is -2.48. The van der Waals surface area contributed by atoms with Gasteiger partial charge >= 0.3 is 0 Å². The molecule has 2 atom stereocenters. The lowest BCUT2D eigenvalue weighted by molar-refractivity contribution is 0.221. The van der Waals surface area contributed by atoms with Crippen molar-refractivity contribution in [2.45, 2.75) is 31.8 Å². The number of hydrogen-bond acceptors (Lipinski definition) is 4. The van der Waals surface area contributed by atoms with Crippen molar-refractivity contribution in [2.24, 2.45) is 0 Å². The zero-order valence-electron chi connectivity index (χ0n) is 9.86. The number of sulfone groups is 1. The van der Waals surface area contributed by atoms with Gasteiger partial charge in [-0.05, 0) is 33.4 Å². The maximum atomic E-state index is 11.1. The van der Waals surface area contributed by atoms with E-state index < -0.39 is 9.84 Å².